The lowest BCUT2D eigenvalue weighted by atomic mass is 10.2. The van der Waals surface area contributed by atoms with Gasteiger partial charge in [0.25, 0.3) is 5.91 Å². The van der Waals surface area contributed by atoms with Crippen molar-refractivity contribution in [2.24, 2.45) is 7.05 Å². The number of rotatable bonds is 1. The smallest absolute Gasteiger partial charge is 0.257 e. The third-order valence-electron chi connectivity index (χ3n) is 2.66. The second-order valence-electron chi connectivity index (χ2n) is 3.94. The van der Waals surface area contributed by atoms with Gasteiger partial charge < -0.3 is 4.90 Å². The minimum absolute atomic E-state index is 0.0996. The number of likely N-dealkylation sites (tertiary alicyclic amines) is 1. The van der Waals surface area contributed by atoms with Gasteiger partial charge in [-0.1, -0.05) is 15.9 Å². The van der Waals surface area contributed by atoms with Crippen molar-refractivity contribution in [3.63, 3.8) is 0 Å². The van der Waals surface area contributed by atoms with Crippen molar-refractivity contribution >= 4 is 21.8 Å². The Labute approximate surface area is 97.4 Å². The molecular formula is C10H14BrN3O. The molecule has 82 valence electrons. The number of carbonyl (C=O) groups excluding carboxylic acids is 1. The van der Waals surface area contributed by atoms with Gasteiger partial charge in [-0.2, -0.15) is 5.10 Å². The zero-order valence-corrected chi connectivity index (χ0v) is 10.5. The van der Waals surface area contributed by atoms with Crippen LogP contribution in [0.4, 0.5) is 0 Å². The van der Waals surface area contributed by atoms with Gasteiger partial charge in [0.2, 0.25) is 0 Å². The molecule has 1 aromatic heterocycles. The van der Waals surface area contributed by atoms with Crippen molar-refractivity contribution in [2.45, 2.75) is 18.2 Å². The molecule has 1 aliphatic heterocycles. The van der Waals surface area contributed by atoms with Crippen LogP contribution in [0.2, 0.25) is 0 Å². The van der Waals surface area contributed by atoms with E-state index in [1.54, 1.807) is 10.9 Å². The zero-order valence-electron chi connectivity index (χ0n) is 8.90. The van der Waals surface area contributed by atoms with Gasteiger partial charge in [0, 0.05) is 31.2 Å². The molecule has 1 aromatic rings. The summed E-state index contributed by atoms with van der Waals surface area (Å²) < 4.78 is 1.68. The number of aryl methyl sites for hydroxylation is 2. The highest BCUT2D eigenvalue weighted by molar-refractivity contribution is 9.09. The number of aromatic nitrogens is 2. The second kappa shape index (κ2) is 3.96. The van der Waals surface area contributed by atoms with Crippen molar-refractivity contribution in [1.82, 2.24) is 14.7 Å². The van der Waals surface area contributed by atoms with E-state index >= 15 is 0 Å². The summed E-state index contributed by atoms with van der Waals surface area (Å²) >= 11 is 3.53. The maximum atomic E-state index is 12.1. The molecule has 1 saturated heterocycles. The van der Waals surface area contributed by atoms with Crippen molar-refractivity contribution in [1.29, 1.82) is 0 Å². The van der Waals surface area contributed by atoms with Crippen LogP contribution in [-0.4, -0.2) is 38.5 Å². The largest absolute Gasteiger partial charge is 0.337 e. The molecule has 2 heterocycles. The normalized spacial score (nSPS) is 21.0. The van der Waals surface area contributed by atoms with Gasteiger partial charge in [0.15, 0.2) is 0 Å². The van der Waals surface area contributed by atoms with E-state index in [-0.39, 0.29) is 5.91 Å². The number of nitrogens with zero attached hydrogens (tertiary/aromatic N) is 3. The van der Waals surface area contributed by atoms with Crippen molar-refractivity contribution in [3.05, 3.63) is 17.5 Å². The van der Waals surface area contributed by atoms with Crippen LogP contribution in [0.15, 0.2) is 6.20 Å². The molecule has 0 spiro atoms. The van der Waals surface area contributed by atoms with Gasteiger partial charge in [0.05, 0.1) is 11.3 Å². The van der Waals surface area contributed by atoms with E-state index in [0.717, 1.165) is 30.8 Å². The molecule has 0 saturated carbocycles. The van der Waals surface area contributed by atoms with Crippen LogP contribution in [0, 0.1) is 6.92 Å². The summed E-state index contributed by atoms with van der Waals surface area (Å²) in [4.78, 5) is 14.4. The molecule has 0 radical (unpaired) electrons. The Morgan fingerprint density at radius 2 is 2.40 bits per heavy atom. The van der Waals surface area contributed by atoms with Crippen molar-refractivity contribution < 1.29 is 4.79 Å². The fraction of sp³-hybridized carbons (Fsp3) is 0.600. The maximum Gasteiger partial charge on any atom is 0.257 e. The zero-order chi connectivity index (χ0) is 11.0. The summed E-state index contributed by atoms with van der Waals surface area (Å²) in [5.41, 5.74) is 1.53. The summed E-state index contributed by atoms with van der Waals surface area (Å²) in [5, 5.41) is 4.18. The molecule has 15 heavy (non-hydrogen) atoms. The van der Waals surface area contributed by atoms with Gasteiger partial charge in [0.1, 0.15) is 0 Å². The minimum atomic E-state index is 0.0996. The Morgan fingerprint density at radius 3 is 2.87 bits per heavy atom. The average Bonchev–Trinajstić information content (AvgIpc) is 2.71. The number of halogens is 1. The van der Waals surface area contributed by atoms with Crippen LogP contribution >= 0.6 is 15.9 Å². The summed E-state index contributed by atoms with van der Waals surface area (Å²) in [6, 6.07) is 0. The van der Waals surface area contributed by atoms with Crippen LogP contribution in [0.1, 0.15) is 22.5 Å². The van der Waals surface area contributed by atoms with Crippen LogP contribution in [0.25, 0.3) is 0 Å². The van der Waals surface area contributed by atoms with Gasteiger partial charge in [-0.05, 0) is 13.3 Å². The molecule has 2 rings (SSSR count). The molecule has 1 aliphatic rings. The van der Waals surface area contributed by atoms with E-state index in [1.165, 1.54) is 0 Å². The van der Waals surface area contributed by atoms with Crippen LogP contribution in [-0.2, 0) is 7.05 Å². The van der Waals surface area contributed by atoms with Crippen molar-refractivity contribution in [2.75, 3.05) is 13.1 Å². The Bertz CT molecular complexity index is 388. The molecule has 1 unspecified atom stereocenters. The van der Waals surface area contributed by atoms with E-state index in [9.17, 15) is 4.79 Å². The molecule has 1 atom stereocenters. The molecule has 0 N–H and O–H groups in total. The highest BCUT2D eigenvalue weighted by Gasteiger charge is 2.26. The topological polar surface area (TPSA) is 38.1 Å². The molecule has 1 amide bonds. The maximum absolute atomic E-state index is 12.1. The first-order valence-corrected chi connectivity index (χ1v) is 5.93. The predicted molar refractivity (Wildman–Crippen MR) is 61.2 cm³/mol. The van der Waals surface area contributed by atoms with Crippen LogP contribution in [0.5, 0.6) is 0 Å². The lowest BCUT2D eigenvalue weighted by Gasteiger charge is -2.14. The Kier molecular flexibility index (Phi) is 2.82. The Balaban J connectivity index is 2.17. The highest BCUT2D eigenvalue weighted by atomic mass is 79.9. The second-order valence-corrected chi connectivity index (χ2v) is 5.23. The lowest BCUT2D eigenvalue weighted by molar-refractivity contribution is 0.0792. The van der Waals surface area contributed by atoms with Gasteiger partial charge in [-0.25, -0.2) is 0 Å². The first-order chi connectivity index (χ1) is 7.08. The highest BCUT2D eigenvalue weighted by Crippen LogP contribution is 2.19. The standard InChI is InChI=1S/C10H14BrN3O/c1-7-9(6-13(2)12-7)10(15)14-4-3-8(11)5-14/h6,8H,3-5H2,1-2H3. The number of alkyl halides is 1. The number of hydrogen-bond donors (Lipinski definition) is 0. The lowest BCUT2D eigenvalue weighted by Crippen LogP contribution is -2.29. The third kappa shape index (κ3) is 2.07. The molecule has 0 aromatic carbocycles. The molecule has 1 fully saturated rings. The van der Waals surface area contributed by atoms with E-state index in [1.807, 2.05) is 18.9 Å². The quantitative estimate of drug-likeness (QED) is 0.723. The summed E-state index contributed by atoms with van der Waals surface area (Å²) in [7, 11) is 1.83. The fourth-order valence-corrected chi connectivity index (χ4v) is 2.44. The minimum Gasteiger partial charge on any atom is -0.337 e. The predicted octanol–water partition coefficient (Wildman–Crippen LogP) is 1.34. The molecule has 4 nitrogen and oxygen atoms in total. The molecule has 0 aliphatic carbocycles. The molecular weight excluding hydrogens is 258 g/mol. The number of hydrogen-bond acceptors (Lipinski definition) is 2. The average molecular weight is 272 g/mol. The monoisotopic (exact) mass is 271 g/mol. The SMILES string of the molecule is Cc1nn(C)cc1C(=O)N1CCC(Br)C1. The summed E-state index contributed by atoms with van der Waals surface area (Å²) in [5.74, 6) is 0.0996. The molecule has 5 heteroatoms. The van der Waals surface area contributed by atoms with E-state index in [0.29, 0.717) is 4.83 Å². The van der Waals surface area contributed by atoms with Gasteiger partial charge >= 0.3 is 0 Å². The van der Waals surface area contributed by atoms with Gasteiger partial charge in [-0.15, -0.1) is 0 Å². The molecule has 0 bridgehead atoms. The summed E-state index contributed by atoms with van der Waals surface area (Å²) in [6.45, 7) is 3.51. The van der Waals surface area contributed by atoms with E-state index in [4.69, 9.17) is 0 Å². The Hall–Kier alpha value is -0.840. The van der Waals surface area contributed by atoms with Crippen LogP contribution in [0.3, 0.4) is 0 Å². The Morgan fingerprint density at radius 1 is 1.67 bits per heavy atom. The van der Waals surface area contributed by atoms with E-state index in [2.05, 4.69) is 21.0 Å². The first-order valence-electron chi connectivity index (χ1n) is 5.01. The van der Waals surface area contributed by atoms with Gasteiger partial charge in [-0.3, -0.25) is 9.48 Å². The fourth-order valence-electron chi connectivity index (χ4n) is 1.88. The first kappa shape index (κ1) is 10.7. The summed E-state index contributed by atoms with van der Waals surface area (Å²) in [6.07, 6.45) is 2.82. The third-order valence-corrected chi connectivity index (χ3v) is 3.41. The van der Waals surface area contributed by atoms with Crippen molar-refractivity contribution in [3.8, 4) is 0 Å². The van der Waals surface area contributed by atoms with E-state index < -0.39 is 0 Å². The number of amides is 1. The number of carbonyl (C=O) groups is 1. The van der Waals surface area contributed by atoms with Crippen LogP contribution < -0.4 is 0 Å².